The van der Waals surface area contributed by atoms with Crippen molar-refractivity contribution in [3.8, 4) is 12.1 Å². The highest BCUT2D eigenvalue weighted by atomic mass is 16.6. The summed E-state index contributed by atoms with van der Waals surface area (Å²) in [5.74, 6) is 0.857. The van der Waals surface area contributed by atoms with E-state index in [2.05, 4.69) is 59.9 Å². The Morgan fingerprint density at radius 1 is 1.00 bits per heavy atom. The van der Waals surface area contributed by atoms with Crippen molar-refractivity contribution in [3.63, 3.8) is 0 Å². The number of carbonyl (C=O) groups is 1. The predicted octanol–water partition coefficient (Wildman–Crippen LogP) is 4.87. The fourth-order valence-electron chi connectivity index (χ4n) is 6.73. The van der Waals surface area contributed by atoms with Crippen LogP contribution in [0.3, 0.4) is 0 Å². The molecule has 2 atom stereocenters. The molecule has 2 saturated heterocycles. The molecular weight excluding hydrogens is 566 g/mol. The van der Waals surface area contributed by atoms with Gasteiger partial charge in [0.25, 0.3) is 0 Å². The number of aryl methyl sites for hydroxylation is 1. The Hall–Kier alpha value is -4.36. The summed E-state index contributed by atoms with van der Waals surface area (Å²) >= 11 is 0. The minimum absolute atomic E-state index is 0.201. The number of aromatic nitrogens is 2. The zero-order valence-corrected chi connectivity index (χ0v) is 26.6. The highest BCUT2D eigenvalue weighted by Gasteiger charge is 2.35. The monoisotopic (exact) mass is 609 g/mol. The van der Waals surface area contributed by atoms with Gasteiger partial charge in [-0.1, -0.05) is 42.5 Å². The van der Waals surface area contributed by atoms with Crippen molar-refractivity contribution in [3.05, 3.63) is 76.5 Å². The first-order valence-corrected chi connectivity index (χ1v) is 16.0. The van der Waals surface area contributed by atoms with Crippen LogP contribution in [0.25, 0.3) is 0 Å². The largest absolute Gasteiger partial charge is 0.462 e. The molecule has 6 rings (SSSR count). The molecule has 10 nitrogen and oxygen atoms in total. The molecule has 236 valence electrons. The minimum atomic E-state index is -0.391. The van der Waals surface area contributed by atoms with Gasteiger partial charge in [-0.25, -0.2) is 4.79 Å². The number of hydrogen-bond donors (Lipinski definition) is 0. The quantitative estimate of drug-likeness (QED) is 0.354. The smallest absolute Gasteiger partial charge is 0.410 e. The van der Waals surface area contributed by atoms with Crippen LogP contribution < -0.4 is 14.5 Å². The Kier molecular flexibility index (Phi) is 9.36. The summed E-state index contributed by atoms with van der Waals surface area (Å²) in [6, 6.07) is 18.8. The highest BCUT2D eigenvalue weighted by Crippen LogP contribution is 2.34. The van der Waals surface area contributed by atoms with Gasteiger partial charge in [-0.05, 0) is 69.5 Å². The number of anilines is 2. The van der Waals surface area contributed by atoms with Gasteiger partial charge in [-0.2, -0.15) is 15.2 Å². The van der Waals surface area contributed by atoms with Gasteiger partial charge >= 0.3 is 12.1 Å². The second kappa shape index (κ2) is 13.7. The molecule has 3 aromatic rings. The van der Waals surface area contributed by atoms with Crippen molar-refractivity contribution in [1.82, 2.24) is 19.8 Å². The lowest BCUT2D eigenvalue weighted by molar-refractivity contribution is 0.0767. The predicted molar refractivity (Wildman–Crippen MR) is 173 cm³/mol. The van der Waals surface area contributed by atoms with Crippen molar-refractivity contribution >= 4 is 17.6 Å². The number of amides is 1. The number of carbonyl (C=O) groups excluding carboxylic acids is 1. The molecular formula is C35H43N7O3. The molecule has 45 heavy (non-hydrogen) atoms. The van der Waals surface area contributed by atoms with Crippen LogP contribution in [-0.4, -0.2) is 84.3 Å². The number of piperazine rings is 1. The number of likely N-dealkylation sites (tertiary alicyclic amines) is 1. The molecule has 0 unspecified atom stereocenters. The molecule has 0 N–H and O–H groups in total. The van der Waals surface area contributed by atoms with Crippen LogP contribution in [0.5, 0.6) is 6.01 Å². The van der Waals surface area contributed by atoms with Crippen molar-refractivity contribution in [2.45, 2.75) is 64.8 Å². The van der Waals surface area contributed by atoms with Crippen LogP contribution in [0, 0.1) is 25.2 Å². The fraction of sp³-hybridized carbons (Fsp3) is 0.486. The molecule has 4 heterocycles. The highest BCUT2D eigenvalue weighted by molar-refractivity contribution is 5.69. The van der Waals surface area contributed by atoms with Crippen molar-refractivity contribution in [1.29, 1.82) is 5.26 Å². The lowest BCUT2D eigenvalue weighted by atomic mass is 10.0. The van der Waals surface area contributed by atoms with Gasteiger partial charge in [-0.15, -0.1) is 0 Å². The van der Waals surface area contributed by atoms with Crippen LogP contribution in [-0.2, 0) is 24.3 Å². The normalized spacial score (nSPS) is 20.1. The first-order valence-electron chi connectivity index (χ1n) is 16.0. The first kappa shape index (κ1) is 30.7. The van der Waals surface area contributed by atoms with Crippen molar-refractivity contribution in [2.75, 3.05) is 56.2 Å². The third-order valence-corrected chi connectivity index (χ3v) is 9.56. The molecule has 2 aromatic carbocycles. The van der Waals surface area contributed by atoms with E-state index in [-0.39, 0.29) is 19.1 Å². The maximum atomic E-state index is 13.2. The summed E-state index contributed by atoms with van der Waals surface area (Å²) in [5.41, 5.74) is 6.81. The summed E-state index contributed by atoms with van der Waals surface area (Å²) in [5, 5.41) is 9.69. The second-order valence-corrected chi connectivity index (χ2v) is 12.4. The van der Waals surface area contributed by atoms with Crippen LogP contribution in [0.4, 0.5) is 16.3 Å². The number of ether oxygens (including phenoxy) is 2. The van der Waals surface area contributed by atoms with Gasteiger partial charge in [0.2, 0.25) is 0 Å². The summed E-state index contributed by atoms with van der Waals surface area (Å²) in [7, 11) is 2.14. The third-order valence-electron chi connectivity index (χ3n) is 9.56. The van der Waals surface area contributed by atoms with Crippen molar-refractivity contribution in [2.24, 2.45) is 0 Å². The number of nitriles is 1. The van der Waals surface area contributed by atoms with E-state index in [0.29, 0.717) is 44.8 Å². The van der Waals surface area contributed by atoms with E-state index in [1.165, 1.54) is 23.2 Å². The Bertz CT molecular complexity index is 1540. The molecule has 0 spiro atoms. The third kappa shape index (κ3) is 6.84. The van der Waals surface area contributed by atoms with Crippen LogP contribution in [0.2, 0.25) is 0 Å². The van der Waals surface area contributed by atoms with E-state index >= 15 is 0 Å². The van der Waals surface area contributed by atoms with E-state index in [4.69, 9.17) is 19.4 Å². The molecule has 0 aliphatic carbocycles. The number of hydrogen-bond acceptors (Lipinski definition) is 9. The van der Waals surface area contributed by atoms with Crippen LogP contribution >= 0.6 is 0 Å². The second-order valence-electron chi connectivity index (χ2n) is 12.4. The minimum Gasteiger partial charge on any atom is -0.462 e. The zero-order valence-electron chi connectivity index (χ0n) is 26.6. The van der Waals surface area contributed by atoms with E-state index < -0.39 is 6.09 Å². The molecule has 0 bridgehead atoms. The summed E-state index contributed by atoms with van der Waals surface area (Å²) in [4.78, 5) is 31.8. The molecule has 3 aliphatic heterocycles. The summed E-state index contributed by atoms with van der Waals surface area (Å²) in [6.07, 6.45) is 2.89. The molecule has 1 amide bonds. The topological polar surface area (TPSA) is 98.1 Å². The maximum Gasteiger partial charge on any atom is 0.410 e. The fourth-order valence-corrected chi connectivity index (χ4v) is 6.73. The van der Waals surface area contributed by atoms with Gasteiger partial charge in [-0.3, -0.25) is 0 Å². The van der Waals surface area contributed by atoms with Gasteiger partial charge in [0.05, 0.1) is 30.8 Å². The maximum absolute atomic E-state index is 13.2. The van der Waals surface area contributed by atoms with Crippen LogP contribution in [0.15, 0.2) is 48.5 Å². The Morgan fingerprint density at radius 3 is 2.62 bits per heavy atom. The number of benzene rings is 2. The number of rotatable bonds is 8. The molecule has 10 heteroatoms. The van der Waals surface area contributed by atoms with Gasteiger partial charge in [0.15, 0.2) is 0 Å². The van der Waals surface area contributed by atoms with Gasteiger partial charge < -0.3 is 29.1 Å². The number of nitrogens with zero attached hydrogens (tertiary/aromatic N) is 7. The lowest BCUT2D eigenvalue weighted by Gasteiger charge is -2.42. The molecule has 3 aliphatic rings. The molecule has 1 aromatic heterocycles. The summed E-state index contributed by atoms with van der Waals surface area (Å²) in [6.45, 7) is 9.19. The van der Waals surface area contributed by atoms with E-state index in [1.807, 2.05) is 30.3 Å². The summed E-state index contributed by atoms with van der Waals surface area (Å²) < 4.78 is 12.0. The van der Waals surface area contributed by atoms with Crippen molar-refractivity contribution < 1.29 is 14.3 Å². The lowest BCUT2D eigenvalue weighted by Crippen LogP contribution is -2.55. The van der Waals surface area contributed by atoms with Crippen LogP contribution in [0.1, 0.15) is 47.2 Å². The van der Waals surface area contributed by atoms with E-state index in [9.17, 15) is 10.1 Å². The molecule has 0 saturated carbocycles. The Labute approximate surface area is 266 Å². The average Bonchev–Trinajstić information content (AvgIpc) is 3.48. The van der Waals surface area contributed by atoms with Gasteiger partial charge in [0, 0.05) is 43.5 Å². The Balaban J connectivity index is 1.24. The van der Waals surface area contributed by atoms with Gasteiger partial charge in [0.1, 0.15) is 19.0 Å². The average molecular weight is 610 g/mol. The van der Waals surface area contributed by atoms with E-state index in [0.717, 1.165) is 48.6 Å². The first-order chi connectivity index (χ1) is 21.9. The molecule has 0 radical (unpaired) electrons. The SMILES string of the molecule is Cc1cccc(N2CCc3c(nc(OC[C@@H]4CCCN4C)nc3N3CCN(C(=O)OCc4ccccc4)[C@@H](CC#N)C3)C2)c1C. The van der Waals surface area contributed by atoms with E-state index in [1.54, 1.807) is 4.90 Å². The number of likely N-dealkylation sites (N-methyl/N-ethyl adjacent to an activating group) is 1. The standard InChI is InChI=1S/C35H43N7O3/c1-25-9-7-13-32(26(25)2)40-18-15-30-31(22-40)37-34(44-24-29-12-8-17-39(29)3)38-33(30)41-19-20-42(28(21-41)14-16-36)35(43)45-23-27-10-5-4-6-11-27/h4-7,9-11,13,28-29H,8,12,14-15,17-24H2,1-3H3/t28-,29-/m0/s1. The molecule has 2 fully saturated rings. The zero-order chi connectivity index (χ0) is 31.3. The number of fused-ring (bicyclic) bond motifs is 1. The Morgan fingerprint density at radius 2 is 1.84 bits per heavy atom.